The molecule has 27 heavy (non-hydrogen) atoms. The monoisotopic (exact) mass is 383 g/mol. The molecule has 2 aromatic rings. The van der Waals surface area contributed by atoms with Crippen LogP contribution in [-0.2, 0) is 0 Å². The molecule has 0 fully saturated rings. The molecule has 0 bridgehead atoms. The van der Waals surface area contributed by atoms with Gasteiger partial charge in [-0.25, -0.2) is 5.01 Å². The van der Waals surface area contributed by atoms with Crippen LogP contribution in [0.4, 0.5) is 0 Å². The Kier molecular flexibility index (Phi) is 5.92. The summed E-state index contributed by atoms with van der Waals surface area (Å²) in [5.74, 6) is -1.09. The number of carbonyl (C=O) groups excluding carboxylic acids is 2. The molecule has 5 nitrogen and oxygen atoms in total. The van der Waals surface area contributed by atoms with Gasteiger partial charge in [0.2, 0.25) is 6.19 Å². The van der Waals surface area contributed by atoms with Gasteiger partial charge in [-0.1, -0.05) is 41.4 Å². The first-order valence-electron chi connectivity index (χ1n) is 8.48. The molecule has 0 aromatic heterocycles. The van der Waals surface area contributed by atoms with Gasteiger partial charge in [-0.05, 0) is 58.4 Å². The molecule has 2 aromatic carbocycles. The van der Waals surface area contributed by atoms with Crippen LogP contribution in [0, 0.1) is 25.3 Å². The maximum atomic E-state index is 13.2. The number of aryl methyl sites for hydroxylation is 2. The fourth-order valence-corrected chi connectivity index (χ4v) is 2.91. The summed E-state index contributed by atoms with van der Waals surface area (Å²) in [6.45, 7) is 8.93. The summed E-state index contributed by atoms with van der Waals surface area (Å²) in [6.07, 6.45) is 1.85. The molecule has 140 valence electrons. The molecular weight excluding hydrogens is 362 g/mol. The molecular formula is C21H22ClN3O2. The van der Waals surface area contributed by atoms with Crippen LogP contribution in [-0.4, -0.2) is 27.4 Å². The highest BCUT2D eigenvalue weighted by Crippen LogP contribution is 2.26. The minimum absolute atomic E-state index is 0.171. The number of hydrogen-bond donors (Lipinski definition) is 0. The third-order valence-electron chi connectivity index (χ3n) is 4.00. The van der Waals surface area contributed by atoms with Crippen LogP contribution in [0.15, 0.2) is 42.5 Å². The quantitative estimate of drug-likeness (QED) is 0.427. The van der Waals surface area contributed by atoms with E-state index in [9.17, 15) is 14.9 Å². The zero-order valence-electron chi connectivity index (χ0n) is 16.1. The van der Waals surface area contributed by atoms with Gasteiger partial charge >= 0.3 is 0 Å². The fourth-order valence-electron chi connectivity index (χ4n) is 2.70. The lowest BCUT2D eigenvalue weighted by Crippen LogP contribution is -2.56. The van der Waals surface area contributed by atoms with Crippen LogP contribution in [0.5, 0.6) is 0 Å². The number of nitrogens with zero attached hydrogens (tertiary/aromatic N) is 3. The molecule has 2 rings (SSSR count). The molecule has 0 saturated carbocycles. The summed E-state index contributed by atoms with van der Waals surface area (Å²) in [5, 5.41) is 11.9. The molecule has 2 amide bonds. The van der Waals surface area contributed by atoms with Crippen molar-refractivity contribution in [2.24, 2.45) is 0 Å². The van der Waals surface area contributed by atoms with Crippen molar-refractivity contribution in [2.45, 2.75) is 40.2 Å². The minimum atomic E-state index is -0.817. The lowest BCUT2D eigenvalue weighted by molar-refractivity contribution is -0.0167. The van der Waals surface area contributed by atoms with Gasteiger partial charge in [0, 0.05) is 5.56 Å². The third-order valence-corrected chi connectivity index (χ3v) is 4.50. The predicted octanol–water partition coefficient (Wildman–Crippen LogP) is 4.74. The zero-order valence-corrected chi connectivity index (χ0v) is 16.8. The van der Waals surface area contributed by atoms with Crippen LogP contribution in [0.25, 0.3) is 0 Å². The number of hydrogen-bond acceptors (Lipinski definition) is 3. The lowest BCUT2D eigenvalue weighted by atomic mass is 10.0. The lowest BCUT2D eigenvalue weighted by Gasteiger charge is -2.39. The second kappa shape index (κ2) is 7.81. The summed E-state index contributed by atoms with van der Waals surface area (Å²) >= 11 is 6.27. The van der Waals surface area contributed by atoms with Gasteiger partial charge in [-0.15, -0.1) is 5.01 Å². The first-order chi connectivity index (χ1) is 12.6. The summed E-state index contributed by atoms with van der Waals surface area (Å²) in [5.41, 5.74) is 1.37. The van der Waals surface area contributed by atoms with E-state index in [0.717, 1.165) is 10.6 Å². The topological polar surface area (TPSA) is 64.4 Å². The number of carbonyl (C=O) groups is 2. The highest BCUT2D eigenvalue weighted by Gasteiger charge is 2.37. The Morgan fingerprint density at radius 3 is 2.22 bits per heavy atom. The summed E-state index contributed by atoms with van der Waals surface area (Å²) in [7, 11) is 0. The van der Waals surface area contributed by atoms with E-state index in [-0.39, 0.29) is 10.6 Å². The van der Waals surface area contributed by atoms with Crippen LogP contribution in [0.3, 0.4) is 0 Å². The first-order valence-corrected chi connectivity index (χ1v) is 8.86. The molecule has 0 atom stereocenters. The maximum absolute atomic E-state index is 13.2. The number of halogens is 1. The molecule has 0 radical (unpaired) electrons. The van der Waals surface area contributed by atoms with Crippen molar-refractivity contribution >= 4 is 23.4 Å². The predicted molar refractivity (Wildman–Crippen MR) is 105 cm³/mol. The molecule has 6 heteroatoms. The molecule has 0 aliphatic rings. The number of hydrazine groups is 1. The van der Waals surface area contributed by atoms with Crippen molar-refractivity contribution in [3.05, 3.63) is 69.7 Å². The number of nitriles is 1. The first kappa shape index (κ1) is 20.5. The fraction of sp³-hybridized carbons (Fsp3) is 0.286. The van der Waals surface area contributed by atoms with Crippen molar-refractivity contribution in [2.75, 3.05) is 0 Å². The van der Waals surface area contributed by atoms with Crippen LogP contribution < -0.4 is 0 Å². The standard InChI is InChI=1S/C21H22ClN3O2/c1-14-8-6-10-16(12-14)19(26)25(21(3,4)5)24(13-23)20(27)17-11-7-9-15(2)18(17)22/h6-12H,1-5H3. The van der Waals surface area contributed by atoms with Gasteiger partial charge in [0.25, 0.3) is 11.8 Å². The average Bonchev–Trinajstić information content (AvgIpc) is 2.59. The molecule has 0 aliphatic carbocycles. The van der Waals surface area contributed by atoms with E-state index in [1.165, 1.54) is 5.01 Å². The van der Waals surface area contributed by atoms with Crippen molar-refractivity contribution in [1.82, 2.24) is 10.0 Å². The van der Waals surface area contributed by atoms with Crippen molar-refractivity contribution in [1.29, 1.82) is 5.26 Å². The summed E-state index contributed by atoms with van der Waals surface area (Å²) < 4.78 is 0. The Hall–Kier alpha value is -2.84. The normalized spacial score (nSPS) is 10.9. The second-order valence-corrected chi connectivity index (χ2v) is 7.69. The second-order valence-electron chi connectivity index (χ2n) is 7.31. The van der Waals surface area contributed by atoms with E-state index in [1.807, 2.05) is 19.2 Å². The number of amides is 2. The Morgan fingerprint density at radius 1 is 1.04 bits per heavy atom. The van der Waals surface area contributed by atoms with Gasteiger partial charge in [-0.3, -0.25) is 9.59 Å². The molecule has 0 heterocycles. The minimum Gasteiger partial charge on any atom is -0.267 e. The molecule has 0 unspecified atom stereocenters. The summed E-state index contributed by atoms with van der Waals surface area (Å²) in [6, 6.07) is 12.0. The third kappa shape index (κ3) is 4.29. The van der Waals surface area contributed by atoms with E-state index >= 15 is 0 Å². The molecule has 0 saturated heterocycles. The zero-order chi connectivity index (χ0) is 20.4. The SMILES string of the molecule is Cc1cccc(C(=O)N(N(C#N)C(=O)c2cccc(C)c2Cl)C(C)(C)C)c1. The van der Waals surface area contributed by atoms with E-state index in [1.54, 1.807) is 64.1 Å². The molecule has 0 aliphatic heterocycles. The van der Waals surface area contributed by atoms with Gasteiger partial charge in [0.05, 0.1) is 16.1 Å². The maximum Gasteiger partial charge on any atom is 0.287 e. The van der Waals surface area contributed by atoms with Gasteiger partial charge in [-0.2, -0.15) is 5.26 Å². The Bertz CT molecular complexity index is 926. The Balaban J connectivity index is 2.54. The molecule has 0 N–H and O–H groups in total. The van der Waals surface area contributed by atoms with Crippen LogP contribution in [0.2, 0.25) is 5.02 Å². The highest BCUT2D eigenvalue weighted by molar-refractivity contribution is 6.34. The van der Waals surface area contributed by atoms with E-state index < -0.39 is 17.4 Å². The number of rotatable bonds is 2. The number of benzene rings is 2. The Morgan fingerprint density at radius 2 is 1.67 bits per heavy atom. The molecule has 0 spiro atoms. The van der Waals surface area contributed by atoms with E-state index in [4.69, 9.17) is 11.6 Å². The van der Waals surface area contributed by atoms with Crippen molar-refractivity contribution in [3.8, 4) is 6.19 Å². The summed E-state index contributed by atoms with van der Waals surface area (Å²) in [4.78, 5) is 26.2. The van der Waals surface area contributed by atoms with Gasteiger partial charge in [0.1, 0.15) is 0 Å². The van der Waals surface area contributed by atoms with Crippen molar-refractivity contribution in [3.63, 3.8) is 0 Å². The van der Waals surface area contributed by atoms with Gasteiger partial charge < -0.3 is 0 Å². The van der Waals surface area contributed by atoms with Crippen molar-refractivity contribution < 1.29 is 9.59 Å². The van der Waals surface area contributed by atoms with Gasteiger partial charge in [0.15, 0.2) is 0 Å². The van der Waals surface area contributed by atoms with Crippen LogP contribution >= 0.6 is 11.6 Å². The average molecular weight is 384 g/mol. The van der Waals surface area contributed by atoms with E-state index in [0.29, 0.717) is 11.1 Å². The Labute approximate surface area is 164 Å². The van der Waals surface area contributed by atoms with E-state index in [2.05, 4.69) is 0 Å². The largest absolute Gasteiger partial charge is 0.287 e. The highest BCUT2D eigenvalue weighted by atomic mass is 35.5. The van der Waals surface area contributed by atoms with Crippen LogP contribution in [0.1, 0.15) is 52.6 Å². The smallest absolute Gasteiger partial charge is 0.267 e.